The molecule has 0 radical (unpaired) electrons. The Morgan fingerprint density at radius 2 is 1.79 bits per heavy atom. The minimum atomic E-state index is -3.51. The standard InChI is InChI=1S/C19H26F2O2Si/c1-18(2,3)24(4,5)23-15-9-14-19(20,21)17(22)13-12-16-10-7-6-8-11-16/h6-8,10-13,17,22H,15H2,1-5H3/b13-12+. The third-order valence-electron chi connectivity index (χ3n) is 4.21. The molecule has 0 saturated carbocycles. The number of hydrogen-bond acceptors (Lipinski definition) is 2. The Morgan fingerprint density at radius 3 is 2.33 bits per heavy atom. The van der Waals surface area contributed by atoms with Crippen molar-refractivity contribution in [1.82, 2.24) is 0 Å². The van der Waals surface area contributed by atoms with Crippen molar-refractivity contribution in [3.05, 3.63) is 42.0 Å². The van der Waals surface area contributed by atoms with Gasteiger partial charge in [-0.25, -0.2) is 0 Å². The lowest BCUT2D eigenvalue weighted by molar-refractivity contribution is -0.0363. The zero-order valence-electron chi connectivity index (χ0n) is 14.9. The van der Waals surface area contributed by atoms with Crippen LogP contribution in [0.25, 0.3) is 6.08 Å². The van der Waals surface area contributed by atoms with Crippen molar-refractivity contribution in [1.29, 1.82) is 0 Å². The quantitative estimate of drug-likeness (QED) is 0.614. The highest BCUT2D eigenvalue weighted by Gasteiger charge is 2.37. The maximum atomic E-state index is 13.9. The summed E-state index contributed by atoms with van der Waals surface area (Å²) in [6.45, 7) is 10.2. The molecule has 5 heteroatoms. The van der Waals surface area contributed by atoms with Crippen LogP contribution >= 0.6 is 0 Å². The first-order chi connectivity index (χ1) is 11.0. The molecule has 1 N–H and O–H groups in total. The number of aliphatic hydroxyl groups is 1. The van der Waals surface area contributed by atoms with Gasteiger partial charge in [-0.05, 0) is 35.7 Å². The second-order valence-corrected chi connectivity index (χ2v) is 12.0. The van der Waals surface area contributed by atoms with Gasteiger partial charge in [-0.15, -0.1) is 0 Å². The third kappa shape index (κ3) is 6.20. The van der Waals surface area contributed by atoms with Crippen LogP contribution in [0.4, 0.5) is 8.78 Å². The molecule has 0 aliphatic heterocycles. The van der Waals surface area contributed by atoms with Crippen LogP contribution in [0.5, 0.6) is 0 Å². The molecule has 1 aromatic rings. The van der Waals surface area contributed by atoms with Crippen molar-refractivity contribution in [3.8, 4) is 11.8 Å². The summed E-state index contributed by atoms with van der Waals surface area (Å²) in [5.74, 6) is 0.671. The van der Waals surface area contributed by atoms with Gasteiger partial charge in [-0.3, -0.25) is 0 Å². The summed E-state index contributed by atoms with van der Waals surface area (Å²) in [7, 11) is -2.01. The average molecular weight is 352 g/mol. The summed E-state index contributed by atoms with van der Waals surface area (Å²) in [6, 6.07) is 8.95. The Balaban J connectivity index is 2.65. The lowest BCUT2D eigenvalue weighted by Gasteiger charge is -2.35. The lowest BCUT2D eigenvalue weighted by Crippen LogP contribution is -2.40. The van der Waals surface area contributed by atoms with Crippen LogP contribution in [0.3, 0.4) is 0 Å². The summed E-state index contributed by atoms with van der Waals surface area (Å²) in [5.41, 5.74) is 0.738. The van der Waals surface area contributed by atoms with Crippen molar-refractivity contribution in [2.45, 2.75) is 50.9 Å². The molecular formula is C19H26F2O2Si. The van der Waals surface area contributed by atoms with Crippen LogP contribution in [0.1, 0.15) is 26.3 Å². The fourth-order valence-corrected chi connectivity index (χ4v) is 2.41. The van der Waals surface area contributed by atoms with E-state index in [-0.39, 0.29) is 11.6 Å². The number of rotatable bonds is 5. The van der Waals surface area contributed by atoms with E-state index in [9.17, 15) is 13.9 Å². The van der Waals surface area contributed by atoms with Gasteiger partial charge in [0.05, 0.1) is 6.61 Å². The zero-order chi connectivity index (χ0) is 18.4. The highest BCUT2D eigenvalue weighted by molar-refractivity contribution is 6.74. The van der Waals surface area contributed by atoms with Crippen LogP contribution in [0.15, 0.2) is 36.4 Å². The fraction of sp³-hybridized carbons (Fsp3) is 0.474. The van der Waals surface area contributed by atoms with E-state index in [1.165, 1.54) is 6.08 Å². The molecule has 0 amide bonds. The molecule has 0 bridgehead atoms. The zero-order valence-corrected chi connectivity index (χ0v) is 15.9. The van der Waals surface area contributed by atoms with E-state index in [0.717, 1.165) is 11.6 Å². The van der Waals surface area contributed by atoms with E-state index in [2.05, 4.69) is 26.7 Å². The molecule has 0 aromatic heterocycles. The van der Waals surface area contributed by atoms with Gasteiger partial charge in [0.15, 0.2) is 8.32 Å². The average Bonchev–Trinajstić information content (AvgIpc) is 2.49. The molecule has 1 rings (SSSR count). The van der Waals surface area contributed by atoms with Crippen LogP contribution in [-0.4, -0.2) is 32.1 Å². The lowest BCUT2D eigenvalue weighted by atomic mass is 10.1. The Labute approximate surface area is 144 Å². The van der Waals surface area contributed by atoms with Crippen LogP contribution in [-0.2, 0) is 4.43 Å². The topological polar surface area (TPSA) is 29.5 Å². The monoisotopic (exact) mass is 352 g/mol. The van der Waals surface area contributed by atoms with Gasteiger partial charge in [0.2, 0.25) is 0 Å². The Hall–Kier alpha value is -1.48. The summed E-state index contributed by atoms with van der Waals surface area (Å²) < 4.78 is 33.4. The van der Waals surface area contributed by atoms with Gasteiger partial charge in [0.1, 0.15) is 6.10 Å². The third-order valence-corrected chi connectivity index (χ3v) is 8.69. The summed E-state index contributed by atoms with van der Waals surface area (Å²) in [5, 5.41) is 9.65. The van der Waals surface area contributed by atoms with Crippen molar-refractivity contribution in [2.75, 3.05) is 6.61 Å². The fourth-order valence-electron chi connectivity index (χ4n) is 1.55. The van der Waals surface area contributed by atoms with Crippen LogP contribution in [0, 0.1) is 11.8 Å². The van der Waals surface area contributed by atoms with E-state index in [1.807, 2.05) is 25.1 Å². The van der Waals surface area contributed by atoms with Crippen molar-refractivity contribution in [2.24, 2.45) is 0 Å². The van der Waals surface area contributed by atoms with Crippen molar-refractivity contribution >= 4 is 14.4 Å². The van der Waals surface area contributed by atoms with E-state index in [4.69, 9.17) is 4.43 Å². The van der Waals surface area contributed by atoms with Gasteiger partial charge in [0, 0.05) is 0 Å². The first-order valence-electron chi connectivity index (χ1n) is 7.89. The molecular weight excluding hydrogens is 326 g/mol. The Morgan fingerprint density at radius 1 is 1.21 bits per heavy atom. The molecule has 0 aliphatic rings. The molecule has 0 spiro atoms. The molecule has 0 heterocycles. The molecule has 0 aliphatic carbocycles. The molecule has 24 heavy (non-hydrogen) atoms. The summed E-state index contributed by atoms with van der Waals surface area (Å²) in [6.07, 6.45) is 0.545. The van der Waals surface area contributed by atoms with Gasteiger partial charge in [0.25, 0.3) is 0 Å². The molecule has 2 nitrogen and oxygen atoms in total. The Kier molecular flexibility index (Phi) is 6.91. The Bertz CT molecular complexity index is 608. The second-order valence-electron chi connectivity index (χ2n) is 7.19. The van der Waals surface area contributed by atoms with Gasteiger partial charge >= 0.3 is 5.92 Å². The minimum absolute atomic E-state index is 0.00483. The summed E-state index contributed by atoms with van der Waals surface area (Å²) >= 11 is 0. The maximum Gasteiger partial charge on any atom is 0.337 e. The normalized spacial score (nSPS) is 14.3. The number of aliphatic hydroxyl groups excluding tert-OH is 1. The summed E-state index contributed by atoms with van der Waals surface area (Å²) in [4.78, 5) is 0. The van der Waals surface area contributed by atoms with E-state index in [1.54, 1.807) is 24.3 Å². The van der Waals surface area contributed by atoms with Gasteiger partial charge in [-0.1, -0.05) is 63.1 Å². The first-order valence-corrected chi connectivity index (χ1v) is 10.8. The smallest absolute Gasteiger partial charge is 0.337 e. The number of halogens is 2. The highest BCUT2D eigenvalue weighted by atomic mass is 28.4. The predicted molar refractivity (Wildman–Crippen MR) is 97.4 cm³/mol. The van der Waals surface area contributed by atoms with E-state index in [0.29, 0.717) is 0 Å². The number of hydrogen-bond donors (Lipinski definition) is 1. The number of alkyl halides is 2. The number of benzene rings is 1. The van der Waals surface area contributed by atoms with Crippen molar-refractivity contribution in [3.63, 3.8) is 0 Å². The first kappa shape index (κ1) is 20.6. The van der Waals surface area contributed by atoms with Crippen LogP contribution < -0.4 is 0 Å². The molecule has 1 aromatic carbocycles. The van der Waals surface area contributed by atoms with Gasteiger partial charge < -0.3 is 9.53 Å². The van der Waals surface area contributed by atoms with Crippen LogP contribution in [0.2, 0.25) is 18.1 Å². The molecule has 1 unspecified atom stereocenters. The SMILES string of the molecule is CC(C)(C)[Si](C)(C)OCC#CC(F)(F)C(O)/C=C/c1ccccc1. The molecule has 132 valence electrons. The van der Waals surface area contributed by atoms with E-state index < -0.39 is 20.3 Å². The molecule has 0 fully saturated rings. The molecule has 1 atom stereocenters. The molecule has 0 saturated heterocycles. The minimum Gasteiger partial charge on any atom is -0.406 e. The van der Waals surface area contributed by atoms with Crippen molar-refractivity contribution < 1.29 is 18.3 Å². The van der Waals surface area contributed by atoms with E-state index >= 15 is 0 Å². The maximum absolute atomic E-state index is 13.9. The largest absolute Gasteiger partial charge is 0.406 e. The highest BCUT2D eigenvalue weighted by Crippen LogP contribution is 2.36. The second kappa shape index (κ2) is 8.06. The van der Waals surface area contributed by atoms with Gasteiger partial charge in [-0.2, -0.15) is 8.78 Å². The predicted octanol–water partition coefficient (Wildman–Crippen LogP) is 4.72.